The number of hydrogen-bond acceptors (Lipinski definition) is 4. The molecule has 7 heteroatoms. The maximum atomic E-state index is 12.0. The second-order valence-corrected chi connectivity index (χ2v) is 4.89. The number of aryl methyl sites for hydroxylation is 1. The van der Waals surface area contributed by atoms with Crippen LogP contribution in [0.25, 0.3) is 0 Å². The van der Waals surface area contributed by atoms with E-state index in [9.17, 15) is 19.7 Å². The fraction of sp³-hybridized carbons (Fsp3) is 0.429. The predicted molar refractivity (Wildman–Crippen MR) is 76.2 cm³/mol. The molecule has 0 saturated carbocycles. The molecule has 21 heavy (non-hydrogen) atoms. The Morgan fingerprint density at radius 1 is 1.43 bits per heavy atom. The summed E-state index contributed by atoms with van der Waals surface area (Å²) in [5, 5.41) is 22.1. The first-order valence-corrected chi connectivity index (χ1v) is 6.59. The third-order valence-corrected chi connectivity index (χ3v) is 3.20. The lowest BCUT2D eigenvalue weighted by molar-refractivity contribution is -0.384. The fourth-order valence-corrected chi connectivity index (χ4v) is 1.80. The summed E-state index contributed by atoms with van der Waals surface area (Å²) in [4.78, 5) is 32.8. The number of carboxylic acid groups (broad SMARTS) is 1. The molecular weight excluding hydrogens is 276 g/mol. The SMILES string of the molecule is Cc1ccc([N+](=O)[O-])cc1C(=O)NCCCC(C)C(=O)O. The summed E-state index contributed by atoms with van der Waals surface area (Å²) in [7, 11) is 0. The first kappa shape index (κ1) is 16.6. The number of nitro groups is 1. The van der Waals surface area contributed by atoms with Gasteiger partial charge in [-0.15, -0.1) is 0 Å². The smallest absolute Gasteiger partial charge is 0.306 e. The highest BCUT2D eigenvalue weighted by atomic mass is 16.6. The number of nitrogens with zero attached hydrogens (tertiary/aromatic N) is 1. The minimum absolute atomic E-state index is 0.134. The Labute approximate surface area is 122 Å². The van der Waals surface area contributed by atoms with E-state index in [-0.39, 0.29) is 17.2 Å². The third kappa shape index (κ3) is 4.87. The number of rotatable bonds is 7. The van der Waals surface area contributed by atoms with Gasteiger partial charge in [-0.05, 0) is 25.3 Å². The second kappa shape index (κ2) is 7.37. The Bertz CT molecular complexity index is 556. The monoisotopic (exact) mass is 294 g/mol. The van der Waals surface area contributed by atoms with Crippen LogP contribution in [0, 0.1) is 23.0 Å². The number of amides is 1. The van der Waals surface area contributed by atoms with E-state index in [1.807, 2.05) is 0 Å². The van der Waals surface area contributed by atoms with Crippen molar-refractivity contribution in [3.05, 3.63) is 39.4 Å². The van der Waals surface area contributed by atoms with Gasteiger partial charge in [0.25, 0.3) is 11.6 Å². The number of carboxylic acids is 1. The quantitative estimate of drug-likeness (QED) is 0.455. The number of carbonyl (C=O) groups excluding carboxylic acids is 1. The van der Waals surface area contributed by atoms with Crippen molar-refractivity contribution in [3.63, 3.8) is 0 Å². The Hall–Kier alpha value is -2.44. The van der Waals surface area contributed by atoms with Crippen molar-refractivity contribution >= 4 is 17.6 Å². The normalized spacial score (nSPS) is 11.7. The van der Waals surface area contributed by atoms with Gasteiger partial charge < -0.3 is 10.4 Å². The number of nitro benzene ring substituents is 1. The molecule has 0 saturated heterocycles. The van der Waals surface area contributed by atoms with Crippen LogP contribution in [0.5, 0.6) is 0 Å². The Morgan fingerprint density at radius 3 is 2.67 bits per heavy atom. The van der Waals surface area contributed by atoms with Crippen LogP contribution in [0.15, 0.2) is 18.2 Å². The zero-order chi connectivity index (χ0) is 16.0. The highest BCUT2D eigenvalue weighted by molar-refractivity contribution is 5.96. The van der Waals surface area contributed by atoms with Crippen LogP contribution in [0.2, 0.25) is 0 Å². The van der Waals surface area contributed by atoms with Gasteiger partial charge >= 0.3 is 5.97 Å². The molecule has 1 aromatic carbocycles. The number of nitrogens with one attached hydrogen (secondary N) is 1. The highest BCUT2D eigenvalue weighted by Gasteiger charge is 2.15. The molecule has 0 heterocycles. The second-order valence-electron chi connectivity index (χ2n) is 4.89. The van der Waals surface area contributed by atoms with Crippen molar-refractivity contribution in [2.24, 2.45) is 5.92 Å². The Balaban J connectivity index is 2.58. The van der Waals surface area contributed by atoms with Gasteiger partial charge in [0.1, 0.15) is 0 Å². The van der Waals surface area contributed by atoms with Crippen LogP contribution in [0.3, 0.4) is 0 Å². The molecule has 0 aliphatic carbocycles. The number of aliphatic carboxylic acids is 1. The highest BCUT2D eigenvalue weighted by Crippen LogP contribution is 2.17. The minimum atomic E-state index is -0.865. The van der Waals surface area contributed by atoms with Gasteiger partial charge in [0, 0.05) is 24.2 Å². The number of benzene rings is 1. The molecule has 114 valence electrons. The van der Waals surface area contributed by atoms with Gasteiger partial charge in [0.2, 0.25) is 0 Å². The van der Waals surface area contributed by atoms with Crippen molar-refractivity contribution < 1.29 is 19.6 Å². The summed E-state index contributed by atoms with van der Waals surface area (Å²) in [6, 6.07) is 4.12. The van der Waals surface area contributed by atoms with Gasteiger partial charge in [-0.1, -0.05) is 13.0 Å². The molecule has 0 aromatic heterocycles. The molecule has 1 atom stereocenters. The van der Waals surface area contributed by atoms with Gasteiger partial charge in [0.15, 0.2) is 0 Å². The molecular formula is C14H18N2O5. The van der Waals surface area contributed by atoms with Gasteiger partial charge in [-0.3, -0.25) is 19.7 Å². The van der Waals surface area contributed by atoms with Gasteiger partial charge in [0.05, 0.1) is 10.8 Å². The lowest BCUT2D eigenvalue weighted by Crippen LogP contribution is -2.26. The number of non-ortho nitro benzene ring substituents is 1. The molecule has 0 fully saturated rings. The average molecular weight is 294 g/mol. The van der Waals surface area contributed by atoms with E-state index >= 15 is 0 Å². The molecule has 1 aromatic rings. The van der Waals surface area contributed by atoms with Crippen molar-refractivity contribution in [1.29, 1.82) is 0 Å². The third-order valence-electron chi connectivity index (χ3n) is 3.20. The van der Waals surface area contributed by atoms with Gasteiger partial charge in [-0.25, -0.2) is 0 Å². The molecule has 0 aliphatic heterocycles. The number of carbonyl (C=O) groups is 2. The molecule has 0 bridgehead atoms. The summed E-state index contributed by atoms with van der Waals surface area (Å²) in [5.74, 6) is -1.71. The van der Waals surface area contributed by atoms with Crippen LogP contribution in [-0.4, -0.2) is 28.5 Å². The van der Waals surface area contributed by atoms with E-state index in [0.29, 0.717) is 24.9 Å². The lowest BCUT2D eigenvalue weighted by atomic mass is 10.1. The molecule has 7 nitrogen and oxygen atoms in total. The fourth-order valence-electron chi connectivity index (χ4n) is 1.80. The molecule has 0 aliphatic rings. The van der Waals surface area contributed by atoms with Crippen LogP contribution >= 0.6 is 0 Å². The van der Waals surface area contributed by atoms with E-state index in [1.54, 1.807) is 13.8 Å². The number of hydrogen-bond donors (Lipinski definition) is 2. The summed E-state index contributed by atoms with van der Waals surface area (Å²) in [5.41, 5.74) is 0.776. The molecule has 1 unspecified atom stereocenters. The van der Waals surface area contributed by atoms with Crippen LogP contribution < -0.4 is 5.32 Å². The standard InChI is InChI=1S/C14H18N2O5/c1-9-5-6-11(16(20)21)8-12(9)13(17)15-7-3-4-10(2)14(18)19/h5-6,8,10H,3-4,7H2,1-2H3,(H,15,17)(H,18,19). The largest absolute Gasteiger partial charge is 0.481 e. The van der Waals surface area contributed by atoms with Crippen molar-refractivity contribution in [2.75, 3.05) is 6.54 Å². The maximum absolute atomic E-state index is 12.0. The predicted octanol–water partition coefficient (Wildman–Crippen LogP) is 2.13. The first-order chi connectivity index (χ1) is 9.82. The topological polar surface area (TPSA) is 110 Å². The average Bonchev–Trinajstić information content (AvgIpc) is 2.43. The summed E-state index contributed by atoms with van der Waals surface area (Å²) in [6.45, 7) is 3.64. The zero-order valence-electron chi connectivity index (χ0n) is 12.0. The van der Waals surface area contributed by atoms with Gasteiger partial charge in [-0.2, -0.15) is 0 Å². The Morgan fingerprint density at radius 2 is 2.10 bits per heavy atom. The van der Waals surface area contributed by atoms with Crippen molar-refractivity contribution in [1.82, 2.24) is 5.32 Å². The zero-order valence-corrected chi connectivity index (χ0v) is 12.0. The van der Waals surface area contributed by atoms with Crippen LogP contribution in [0.4, 0.5) is 5.69 Å². The van der Waals surface area contributed by atoms with Crippen LogP contribution in [-0.2, 0) is 4.79 Å². The summed E-state index contributed by atoms with van der Waals surface area (Å²) < 4.78 is 0. The Kier molecular flexibility index (Phi) is 5.83. The first-order valence-electron chi connectivity index (χ1n) is 6.59. The van der Waals surface area contributed by atoms with Crippen LogP contribution in [0.1, 0.15) is 35.7 Å². The maximum Gasteiger partial charge on any atom is 0.306 e. The van der Waals surface area contributed by atoms with E-state index in [4.69, 9.17) is 5.11 Å². The molecule has 1 rings (SSSR count). The molecule has 2 N–H and O–H groups in total. The summed E-state index contributed by atoms with van der Waals surface area (Å²) >= 11 is 0. The summed E-state index contributed by atoms with van der Waals surface area (Å²) in [6.07, 6.45) is 0.997. The van der Waals surface area contributed by atoms with Crippen molar-refractivity contribution in [3.8, 4) is 0 Å². The van der Waals surface area contributed by atoms with Crippen molar-refractivity contribution in [2.45, 2.75) is 26.7 Å². The van der Waals surface area contributed by atoms with E-state index in [1.165, 1.54) is 18.2 Å². The van der Waals surface area contributed by atoms with E-state index < -0.39 is 16.8 Å². The lowest BCUT2D eigenvalue weighted by Gasteiger charge is -2.09. The molecule has 0 spiro atoms. The minimum Gasteiger partial charge on any atom is -0.481 e. The molecule has 0 radical (unpaired) electrons. The van der Waals surface area contributed by atoms with E-state index in [2.05, 4.69) is 5.32 Å². The molecule has 1 amide bonds. The van der Waals surface area contributed by atoms with E-state index in [0.717, 1.165) is 0 Å².